The van der Waals surface area contributed by atoms with Gasteiger partial charge in [0, 0.05) is 12.2 Å². The Balaban J connectivity index is 1.43. The highest BCUT2D eigenvalue weighted by Crippen LogP contribution is 2.21. The van der Waals surface area contributed by atoms with Gasteiger partial charge in [-0.3, -0.25) is 4.79 Å². The minimum Gasteiger partial charge on any atom is -0.323 e. The van der Waals surface area contributed by atoms with E-state index in [1.165, 1.54) is 44.1 Å². The quantitative estimate of drug-likeness (QED) is 0.438. The number of thioether (sulfide) groups is 1. The number of rotatable bonds is 11. The Kier molecular flexibility index (Phi) is 8.96. The number of carbonyl (C=O) groups is 2. The average molecular weight is 348 g/mol. The highest BCUT2D eigenvalue weighted by molar-refractivity contribution is 7.99. The summed E-state index contributed by atoms with van der Waals surface area (Å²) in [5, 5.41) is 0. The Morgan fingerprint density at radius 2 is 1.71 bits per heavy atom. The predicted octanol–water partition coefficient (Wildman–Crippen LogP) is 4.45. The van der Waals surface area contributed by atoms with Crippen molar-refractivity contribution in [3.63, 3.8) is 0 Å². The van der Waals surface area contributed by atoms with Crippen LogP contribution in [0.5, 0.6) is 0 Å². The van der Waals surface area contributed by atoms with Crippen molar-refractivity contribution in [2.75, 3.05) is 11.6 Å². The maximum atomic E-state index is 12.1. The van der Waals surface area contributed by atoms with Crippen molar-refractivity contribution >= 4 is 24.0 Å². The number of benzene rings is 1. The molecule has 1 aromatic carbocycles. The molecule has 0 unspecified atom stereocenters. The zero-order valence-corrected chi connectivity index (χ0v) is 15.3. The minimum absolute atomic E-state index is 0.153. The SMILES string of the molecule is O=C[C@@H]1CSCN1C(=O)CCCCCCCCCc1ccccc1. The zero-order valence-electron chi connectivity index (χ0n) is 14.5. The standard InChI is InChI=1S/C20H29NO2S/c22-15-19-16-24-17-21(19)20(23)14-10-5-3-1-2-4-7-11-18-12-8-6-9-13-18/h6,8-9,12-13,15,19H,1-5,7,10-11,14,16-17H2/t19-/m1/s1. The molecule has 1 aliphatic rings. The van der Waals surface area contributed by atoms with Crippen LogP contribution >= 0.6 is 11.8 Å². The van der Waals surface area contributed by atoms with Gasteiger partial charge in [-0.15, -0.1) is 11.8 Å². The van der Waals surface area contributed by atoms with Gasteiger partial charge in [-0.1, -0.05) is 62.4 Å². The first kappa shape index (κ1) is 19.0. The molecule has 1 aromatic rings. The van der Waals surface area contributed by atoms with Gasteiger partial charge in [0.1, 0.15) is 6.29 Å². The molecule has 3 nitrogen and oxygen atoms in total. The highest BCUT2D eigenvalue weighted by Gasteiger charge is 2.27. The lowest BCUT2D eigenvalue weighted by Gasteiger charge is -2.19. The summed E-state index contributed by atoms with van der Waals surface area (Å²) in [5.74, 6) is 1.60. The van der Waals surface area contributed by atoms with Gasteiger partial charge >= 0.3 is 0 Å². The molecule has 1 amide bonds. The molecule has 0 saturated carbocycles. The molecule has 0 N–H and O–H groups in total. The molecule has 24 heavy (non-hydrogen) atoms. The maximum absolute atomic E-state index is 12.1. The van der Waals surface area contributed by atoms with Crippen molar-refractivity contribution in [2.24, 2.45) is 0 Å². The lowest BCUT2D eigenvalue weighted by atomic mass is 10.0. The molecule has 2 rings (SSSR count). The molecular weight excluding hydrogens is 318 g/mol. The fourth-order valence-corrected chi connectivity index (χ4v) is 4.24. The normalized spacial score (nSPS) is 17.2. The summed E-state index contributed by atoms with van der Waals surface area (Å²) < 4.78 is 0. The summed E-state index contributed by atoms with van der Waals surface area (Å²) in [4.78, 5) is 24.7. The van der Waals surface area contributed by atoms with E-state index in [4.69, 9.17) is 0 Å². The van der Waals surface area contributed by atoms with Crippen molar-refractivity contribution in [3.8, 4) is 0 Å². The predicted molar refractivity (Wildman–Crippen MR) is 101 cm³/mol. The molecule has 0 bridgehead atoms. The van der Waals surface area contributed by atoms with Crippen LogP contribution in [0.2, 0.25) is 0 Å². The summed E-state index contributed by atoms with van der Waals surface area (Å²) in [6.07, 6.45) is 11.1. The van der Waals surface area contributed by atoms with Gasteiger partial charge in [-0.2, -0.15) is 0 Å². The maximum Gasteiger partial charge on any atom is 0.223 e. The summed E-state index contributed by atoms with van der Waals surface area (Å²) >= 11 is 1.67. The Morgan fingerprint density at radius 3 is 2.42 bits per heavy atom. The number of amides is 1. The molecule has 4 heteroatoms. The smallest absolute Gasteiger partial charge is 0.223 e. The monoisotopic (exact) mass is 347 g/mol. The van der Waals surface area contributed by atoms with Crippen LogP contribution in [-0.4, -0.2) is 34.8 Å². The van der Waals surface area contributed by atoms with Gasteiger partial charge in [0.05, 0.1) is 11.9 Å². The van der Waals surface area contributed by atoms with Gasteiger partial charge < -0.3 is 9.69 Å². The van der Waals surface area contributed by atoms with Crippen molar-refractivity contribution in [2.45, 2.75) is 63.8 Å². The van der Waals surface area contributed by atoms with Gasteiger partial charge in [0.2, 0.25) is 5.91 Å². The number of aldehydes is 1. The van der Waals surface area contributed by atoms with Crippen molar-refractivity contribution in [3.05, 3.63) is 35.9 Å². The largest absolute Gasteiger partial charge is 0.323 e. The lowest BCUT2D eigenvalue weighted by molar-refractivity contribution is -0.134. The molecule has 1 atom stereocenters. The van der Waals surface area contributed by atoms with Crippen LogP contribution in [0.3, 0.4) is 0 Å². The fourth-order valence-electron chi connectivity index (χ4n) is 3.10. The van der Waals surface area contributed by atoms with Crippen LogP contribution in [-0.2, 0) is 16.0 Å². The number of hydrogen-bond acceptors (Lipinski definition) is 3. The number of aryl methyl sites for hydroxylation is 1. The Morgan fingerprint density at radius 1 is 1.04 bits per heavy atom. The summed E-state index contributed by atoms with van der Waals surface area (Å²) in [5.41, 5.74) is 1.43. The molecule has 0 aliphatic carbocycles. The van der Waals surface area contributed by atoms with E-state index in [0.717, 1.165) is 24.9 Å². The zero-order chi connectivity index (χ0) is 17.0. The Hall–Kier alpha value is -1.29. The van der Waals surface area contributed by atoms with Crippen molar-refractivity contribution in [1.82, 2.24) is 4.90 Å². The van der Waals surface area contributed by atoms with E-state index in [1.54, 1.807) is 16.7 Å². The molecule has 0 aromatic heterocycles. The third-order valence-electron chi connectivity index (χ3n) is 4.60. The number of carbonyl (C=O) groups excluding carboxylic acids is 2. The first-order valence-corrected chi connectivity index (χ1v) is 10.3. The first-order chi connectivity index (χ1) is 11.8. The third-order valence-corrected chi connectivity index (χ3v) is 5.63. The first-order valence-electron chi connectivity index (χ1n) is 9.17. The van der Waals surface area contributed by atoms with E-state index in [2.05, 4.69) is 30.3 Å². The van der Waals surface area contributed by atoms with Gasteiger partial charge in [-0.05, 0) is 24.8 Å². The Bertz CT molecular complexity index is 492. The Labute approximate surface area is 150 Å². The van der Waals surface area contributed by atoms with Gasteiger partial charge in [0.15, 0.2) is 0 Å². The van der Waals surface area contributed by atoms with Gasteiger partial charge in [-0.25, -0.2) is 0 Å². The molecule has 0 radical (unpaired) electrons. The molecule has 132 valence electrons. The van der Waals surface area contributed by atoms with Crippen LogP contribution in [0.25, 0.3) is 0 Å². The number of unbranched alkanes of at least 4 members (excludes halogenated alkanes) is 6. The topological polar surface area (TPSA) is 37.4 Å². The fraction of sp³-hybridized carbons (Fsp3) is 0.600. The van der Waals surface area contributed by atoms with Crippen molar-refractivity contribution in [1.29, 1.82) is 0 Å². The molecule has 1 heterocycles. The van der Waals surface area contributed by atoms with Crippen molar-refractivity contribution < 1.29 is 9.59 Å². The summed E-state index contributed by atoms with van der Waals surface area (Å²) in [6, 6.07) is 10.5. The number of hydrogen-bond donors (Lipinski definition) is 0. The van der Waals surface area contributed by atoms with E-state index < -0.39 is 0 Å². The minimum atomic E-state index is -0.188. The average Bonchev–Trinajstić information content (AvgIpc) is 3.10. The van der Waals surface area contributed by atoms with E-state index in [1.807, 2.05) is 0 Å². The second-order valence-corrected chi connectivity index (χ2v) is 7.53. The van der Waals surface area contributed by atoms with E-state index in [9.17, 15) is 9.59 Å². The van der Waals surface area contributed by atoms with E-state index in [0.29, 0.717) is 12.3 Å². The number of nitrogens with zero attached hydrogens (tertiary/aromatic N) is 1. The summed E-state index contributed by atoms with van der Waals surface area (Å²) in [7, 11) is 0. The van der Waals surface area contributed by atoms with Crippen LogP contribution in [0.15, 0.2) is 30.3 Å². The van der Waals surface area contributed by atoms with Crippen LogP contribution in [0, 0.1) is 0 Å². The lowest BCUT2D eigenvalue weighted by Crippen LogP contribution is -2.37. The molecule has 1 saturated heterocycles. The second-order valence-electron chi connectivity index (χ2n) is 6.53. The third kappa shape index (κ3) is 6.68. The van der Waals surface area contributed by atoms with E-state index >= 15 is 0 Å². The second kappa shape index (κ2) is 11.3. The van der Waals surface area contributed by atoms with Gasteiger partial charge in [0.25, 0.3) is 0 Å². The molecule has 0 spiro atoms. The molecular formula is C20H29NO2S. The summed E-state index contributed by atoms with van der Waals surface area (Å²) in [6.45, 7) is 0. The van der Waals surface area contributed by atoms with Crippen LogP contribution in [0.1, 0.15) is 56.9 Å². The molecule has 1 aliphatic heterocycles. The molecule has 1 fully saturated rings. The van der Waals surface area contributed by atoms with Crippen LogP contribution < -0.4 is 0 Å². The highest BCUT2D eigenvalue weighted by atomic mass is 32.2. The van der Waals surface area contributed by atoms with Crippen LogP contribution in [0.4, 0.5) is 0 Å². The van der Waals surface area contributed by atoms with E-state index in [-0.39, 0.29) is 11.9 Å².